The number of alkyl carbamates (subject to hydrolysis) is 1. The molecule has 248 valence electrons. The molecule has 1 aliphatic heterocycles. The number of alkyl halides is 3. The van der Waals surface area contributed by atoms with Gasteiger partial charge in [-0.3, -0.25) is 0 Å². The standard InChI is InChI=1S/C28H35N7O4.C2HF3O2/c1-2-22-25(30-15-7-11-21-13-12-20-10-6-14-29-24(20)34-21)32-18-33-26(22)31-16-23(27(36)37)35-28(38)39-17-19-8-4-3-5-9-19;3-2(4,5)1(6)7/h3-5,8-9,12-13,18,23H,2,6-7,10-11,14-17H2,1H3,(H,29,34)(H,35,38)(H,36,37)(H2,30,31,32,33);(H,6,7). The number of carboxylic acids is 2. The normalized spacial score (nSPS) is 12.7. The van der Waals surface area contributed by atoms with Gasteiger partial charge in [0.25, 0.3) is 0 Å². The number of aliphatic carboxylic acids is 2. The third kappa shape index (κ3) is 11.4. The van der Waals surface area contributed by atoms with Gasteiger partial charge in [0.15, 0.2) is 0 Å². The zero-order valence-corrected chi connectivity index (χ0v) is 25.1. The maximum absolute atomic E-state index is 12.2. The smallest absolute Gasteiger partial charge is 0.480 e. The van der Waals surface area contributed by atoms with Crippen LogP contribution in [0.4, 0.5) is 35.4 Å². The van der Waals surface area contributed by atoms with Gasteiger partial charge in [-0.25, -0.2) is 29.3 Å². The summed E-state index contributed by atoms with van der Waals surface area (Å²) in [6, 6.07) is 12.2. The van der Waals surface area contributed by atoms with Gasteiger partial charge in [-0.1, -0.05) is 43.3 Å². The third-order valence-corrected chi connectivity index (χ3v) is 6.67. The molecule has 3 heterocycles. The van der Waals surface area contributed by atoms with Crippen molar-refractivity contribution in [2.45, 2.75) is 57.9 Å². The lowest BCUT2D eigenvalue weighted by molar-refractivity contribution is -0.192. The number of carbonyl (C=O) groups is 3. The van der Waals surface area contributed by atoms with Gasteiger partial charge in [0, 0.05) is 30.9 Å². The molecule has 1 aromatic carbocycles. The average molecular weight is 648 g/mol. The number of amides is 1. The first-order valence-electron chi connectivity index (χ1n) is 14.5. The Hall–Kier alpha value is -5.15. The molecule has 0 fully saturated rings. The van der Waals surface area contributed by atoms with Crippen LogP contribution in [0, 0.1) is 0 Å². The Bertz CT molecular complexity index is 1460. The molecule has 3 aromatic rings. The maximum Gasteiger partial charge on any atom is 0.490 e. The molecule has 1 unspecified atom stereocenters. The van der Waals surface area contributed by atoms with Crippen LogP contribution in [-0.2, 0) is 40.2 Å². The Morgan fingerprint density at radius 1 is 1.04 bits per heavy atom. The Kier molecular flexibility index (Phi) is 13.3. The highest BCUT2D eigenvalue weighted by Gasteiger charge is 2.38. The van der Waals surface area contributed by atoms with E-state index in [2.05, 4.69) is 43.4 Å². The van der Waals surface area contributed by atoms with Crippen LogP contribution in [0.25, 0.3) is 0 Å². The quantitative estimate of drug-likeness (QED) is 0.145. The summed E-state index contributed by atoms with van der Waals surface area (Å²) < 4.78 is 36.9. The number of carboxylic acid groups (broad SMARTS) is 2. The molecule has 6 N–H and O–H groups in total. The lowest BCUT2D eigenvalue weighted by Crippen LogP contribution is -2.45. The number of carbonyl (C=O) groups excluding carboxylic acids is 1. The molecule has 1 aliphatic rings. The van der Waals surface area contributed by atoms with E-state index in [1.54, 1.807) is 0 Å². The van der Waals surface area contributed by atoms with Crippen molar-refractivity contribution in [1.29, 1.82) is 0 Å². The van der Waals surface area contributed by atoms with Crippen molar-refractivity contribution >= 4 is 35.5 Å². The largest absolute Gasteiger partial charge is 0.490 e. The topological polar surface area (TPSA) is 188 Å². The maximum atomic E-state index is 12.2. The SMILES string of the molecule is CCc1c(NCCCc2ccc3c(n2)NCCC3)ncnc1NCC(NC(=O)OCc1ccccc1)C(=O)O.O=C(O)C(F)(F)F. The number of hydrogen-bond donors (Lipinski definition) is 6. The van der Waals surface area contributed by atoms with Crippen molar-refractivity contribution in [3.63, 3.8) is 0 Å². The first-order chi connectivity index (χ1) is 22.0. The van der Waals surface area contributed by atoms with Gasteiger partial charge in [-0.05, 0) is 49.3 Å². The van der Waals surface area contributed by atoms with E-state index < -0.39 is 30.2 Å². The lowest BCUT2D eigenvalue weighted by Gasteiger charge is -2.18. The predicted molar refractivity (Wildman–Crippen MR) is 163 cm³/mol. The zero-order valence-electron chi connectivity index (χ0n) is 25.1. The van der Waals surface area contributed by atoms with E-state index in [-0.39, 0.29) is 13.2 Å². The van der Waals surface area contributed by atoms with E-state index in [4.69, 9.17) is 19.6 Å². The summed E-state index contributed by atoms with van der Waals surface area (Å²) >= 11 is 0. The second-order valence-corrected chi connectivity index (χ2v) is 10.1. The minimum absolute atomic E-state index is 0.0484. The number of nitrogens with one attached hydrogen (secondary N) is 4. The highest BCUT2D eigenvalue weighted by Crippen LogP contribution is 2.22. The van der Waals surface area contributed by atoms with Crippen molar-refractivity contribution < 1.29 is 42.5 Å². The highest BCUT2D eigenvalue weighted by atomic mass is 19.4. The number of aryl methyl sites for hydroxylation is 2. The van der Waals surface area contributed by atoms with Gasteiger partial charge < -0.3 is 36.2 Å². The third-order valence-electron chi connectivity index (χ3n) is 6.67. The summed E-state index contributed by atoms with van der Waals surface area (Å²) in [4.78, 5) is 46.3. The molecule has 1 atom stereocenters. The van der Waals surface area contributed by atoms with Gasteiger partial charge in [0.2, 0.25) is 0 Å². The molecule has 13 nitrogen and oxygen atoms in total. The van der Waals surface area contributed by atoms with Crippen LogP contribution in [0.15, 0.2) is 48.8 Å². The van der Waals surface area contributed by atoms with Crippen molar-refractivity contribution in [2.24, 2.45) is 0 Å². The number of benzene rings is 1. The van der Waals surface area contributed by atoms with E-state index in [0.29, 0.717) is 24.6 Å². The van der Waals surface area contributed by atoms with Crippen LogP contribution >= 0.6 is 0 Å². The molecule has 46 heavy (non-hydrogen) atoms. The van der Waals surface area contributed by atoms with Crippen LogP contribution in [0.2, 0.25) is 0 Å². The Labute approximate surface area is 263 Å². The number of pyridine rings is 1. The number of ether oxygens (including phenoxy) is 1. The van der Waals surface area contributed by atoms with Gasteiger partial charge in [-0.2, -0.15) is 13.2 Å². The summed E-state index contributed by atoms with van der Waals surface area (Å²) in [7, 11) is 0. The summed E-state index contributed by atoms with van der Waals surface area (Å²) in [5.41, 5.74) is 3.98. The van der Waals surface area contributed by atoms with Gasteiger partial charge in [0.1, 0.15) is 36.4 Å². The zero-order chi connectivity index (χ0) is 33.5. The monoisotopic (exact) mass is 647 g/mol. The second kappa shape index (κ2) is 17.4. The lowest BCUT2D eigenvalue weighted by atomic mass is 10.1. The summed E-state index contributed by atoms with van der Waals surface area (Å²) in [5.74, 6) is -1.73. The van der Waals surface area contributed by atoms with Gasteiger partial charge in [-0.15, -0.1) is 0 Å². The first-order valence-corrected chi connectivity index (χ1v) is 14.5. The molecule has 4 rings (SSSR count). The number of nitrogens with zero attached hydrogens (tertiary/aromatic N) is 3. The average Bonchev–Trinajstić information content (AvgIpc) is 3.04. The molecule has 2 aromatic heterocycles. The summed E-state index contributed by atoms with van der Waals surface area (Å²) in [6.07, 6.45) is 0.0957. The van der Waals surface area contributed by atoms with Crippen LogP contribution in [0.5, 0.6) is 0 Å². The number of rotatable bonds is 13. The molecule has 0 spiro atoms. The van der Waals surface area contributed by atoms with E-state index in [1.807, 2.05) is 37.3 Å². The molecule has 0 saturated heterocycles. The number of fused-ring (bicyclic) bond motifs is 1. The van der Waals surface area contributed by atoms with Crippen LogP contribution < -0.4 is 21.3 Å². The number of halogens is 3. The fourth-order valence-corrected chi connectivity index (χ4v) is 4.34. The van der Waals surface area contributed by atoms with Crippen molar-refractivity contribution in [3.05, 3.63) is 71.2 Å². The van der Waals surface area contributed by atoms with Gasteiger partial charge >= 0.3 is 24.2 Å². The molecule has 0 aliphatic carbocycles. The molecule has 0 radical (unpaired) electrons. The fraction of sp³-hybridized carbons (Fsp3) is 0.400. The van der Waals surface area contributed by atoms with Gasteiger partial charge in [0.05, 0.1) is 0 Å². The number of aromatic nitrogens is 3. The van der Waals surface area contributed by atoms with E-state index in [1.165, 1.54) is 11.9 Å². The van der Waals surface area contributed by atoms with E-state index in [0.717, 1.165) is 54.9 Å². The molecule has 16 heteroatoms. The molecular weight excluding hydrogens is 611 g/mol. The Balaban J connectivity index is 0.000000738. The minimum atomic E-state index is -5.08. The van der Waals surface area contributed by atoms with Crippen LogP contribution in [0.1, 0.15) is 42.1 Å². The minimum Gasteiger partial charge on any atom is -0.480 e. The van der Waals surface area contributed by atoms with Crippen LogP contribution in [0.3, 0.4) is 0 Å². The number of anilines is 3. The fourth-order valence-electron chi connectivity index (χ4n) is 4.34. The Morgan fingerprint density at radius 2 is 1.74 bits per heavy atom. The highest BCUT2D eigenvalue weighted by molar-refractivity contribution is 5.80. The molecule has 0 saturated carbocycles. The second-order valence-electron chi connectivity index (χ2n) is 10.1. The van der Waals surface area contributed by atoms with Crippen molar-refractivity contribution in [2.75, 3.05) is 35.6 Å². The van der Waals surface area contributed by atoms with Crippen LogP contribution in [-0.4, -0.2) is 75.0 Å². The first kappa shape index (κ1) is 35.3. The van der Waals surface area contributed by atoms with Crippen molar-refractivity contribution in [1.82, 2.24) is 20.3 Å². The molecular formula is C30H36F3N7O6. The Morgan fingerprint density at radius 3 is 2.39 bits per heavy atom. The van der Waals surface area contributed by atoms with E-state index in [9.17, 15) is 27.9 Å². The molecule has 0 bridgehead atoms. The van der Waals surface area contributed by atoms with Crippen molar-refractivity contribution in [3.8, 4) is 0 Å². The van der Waals surface area contributed by atoms with E-state index >= 15 is 0 Å². The predicted octanol–water partition coefficient (Wildman–Crippen LogP) is 4.26. The number of hydrogen-bond acceptors (Lipinski definition) is 10. The summed E-state index contributed by atoms with van der Waals surface area (Å²) in [6.45, 7) is 3.62. The molecule has 1 amide bonds. The summed E-state index contributed by atoms with van der Waals surface area (Å²) in [5, 5.41) is 28.9.